The number of hydrogen-bond acceptors (Lipinski definition) is 9. The van der Waals surface area contributed by atoms with Crippen molar-refractivity contribution in [2.45, 2.75) is 6.61 Å². The first-order chi connectivity index (χ1) is 12.8. The standard InChI is InChI=1S/C13H19N3O2.2CH4O3S/c1-17-12-4-2-10(3-5-12)9-18-16-13-8-15-7-11(13)6-14;2*1-5(2,3)4/h2-5,11,15H,6-9,14H2,1H3;2*1H3,(H,2,3,4)/b16-13+;;. The Hall–Kier alpha value is -1.77. The average Bonchev–Trinajstić information content (AvgIpc) is 3.00. The number of rotatable bonds is 5. The van der Waals surface area contributed by atoms with Crippen LogP contribution in [0.4, 0.5) is 0 Å². The van der Waals surface area contributed by atoms with Crippen molar-refractivity contribution in [2.24, 2.45) is 16.8 Å². The molecule has 13 heteroatoms. The Morgan fingerprint density at radius 2 is 1.64 bits per heavy atom. The van der Waals surface area contributed by atoms with Crippen LogP contribution in [0.5, 0.6) is 5.75 Å². The van der Waals surface area contributed by atoms with Crippen LogP contribution in [0.1, 0.15) is 5.56 Å². The van der Waals surface area contributed by atoms with Crippen LogP contribution >= 0.6 is 0 Å². The lowest BCUT2D eigenvalue weighted by Gasteiger charge is -2.06. The Morgan fingerprint density at radius 1 is 1.14 bits per heavy atom. The van der Waals surface area contributed by atoms with E-state index in [-0.39, 0.29) is 0 Å². The number of ether oxygens (including phenoxy) is 1. The summed E-state index contributed by atoms with van der Waals surface area (Å²) < 4.78 is 56.8. The second kappa shape index (κ2) is 12.6. The molecule has 0 aliphatic carbocycles. The summed E-state index contributed by atoms with van der Waals surface area (Å²) in [5.41, 5.74) is 7.72. The topological polar surface area (TPSA) is 178 Å². The summed E-state index contributed by atoms with van der Waals surface area (Å²) in [6, 6.07) is 7.75. The van der Waals surface area contributed by atoms with Gasteiger partial charge in [0, 0.05) is 25.6 Å². The quantitative estimate of drug-likeness (QED) is 0.352. The molecule has 162 valence electrons. The van der Waals surface area contributed by atoms with Crippen molar-refractivity contribution in [3.8, 4) is 5.75 Å². The van der Waals surface area contributed by atoms with Gasteiger partial charge in [-0.05, 0) is 17.7 Å². The van der Waals surface area contributed by atoms with Crippen LogP contribution in [-0.2, 0) is 31.7 Å². The molecule has 5 N–H and O–H groups in total. The molecule has 1 saturated heterocycles. The summed E-state index contributed by atoms with van der Waals surface area (Å²) in [6.07, 6.45) is 1.43. The van der Waals surface area contributed by atoms with Gasteiger partial charge in [0.2, 0.25) is 0 Å². The highest BCUT2D eigenvalue weighted by Gasteiger charge is 2.21. The van der Waals surface area contributed by atoms with Crippen LogP contribution in [0, 0.1) is 5.92 Å². The fourth-order valence-corrected chi connectivity index (χ4v) is 1.87. The first-order valence-electron chi connectivity index (χ1n) is 7.90. The second-order valence-electron chi connectivity index (χ2n) is 5.73. The number of nitrogens with one attached hydrogen (secondary N) is 1. The van der Waals surface area contributed by atoms with Crippen LogP contribution in [0.2, 0.25) is 0 Å². The first-order valence-corrected chi connectivity index (χ1v) is 11.6. The molecular weight excluding hydrogens is 414 g/mol. The van der Waals surface area contributed by atoms with Crippen LogP contribution in [-0.4, -0.2) is 70.9 Å². The first kappa shape index (κ1) is 26.2. The minimum atomic E-state index is -3.67. The summed E-state index contributed by atoms with van der Waals surface area (Å²) in [4.78, 5) is 5.36. The maximum absolute atomic E-state index is 9.19. The summed E-state index contributed by atoms with van der Waals surface area (Å²) in [5.74, 6) is 1.15. The van der Waals surface area contributed by atoms with Gasteiger partial charge in [-0.2, -0.15) is 16.8 Å². The van der Waals surface area contributed by atoms with Gasteiger partial charge >= 0.3 is 0 Å². The molecule has 1 fully saturated rings. The van der Waals surface area contributed by atoms with Gasteiger partial charge in [-0.3, -0.25) is 9.11 Å². The monoisotopic (exact) mass is 441 g/mol. The minimum absolute atomic E-state index is 0.306. The van der Waals surface area contributed by atoms with Gasteiger partial charge in [0.25, 0.3) is 20.2 Å². The summed E-state index contributed by atoms with van der Waals surface area (Å²) >= 11 is 0. The van der Waals surface area contributed by atoms with Gasteiger partial charge < -0.3 is 20.6 Å². The lowest BCUT2D eigenvalue weighted by molar-refractivity contribution is 0.129. The predicted molar refractivity (Wildman–Crippen MR) is 106 cm³/mol. The highest BCUT2D eigenvalue weighted by atomic mass is 32.2. The van der Waals surface area contributed by atoms with E-state index in [1.54, 1.807) is 7.11 Å². The van der Waals surface area contributed by atoms with Crippen molar-refractivity contribution in [1.29, 1.82) is 0 Å². The van der Waals surface area contributed by atoms with Gasteiger partial charge in [0.15, 0.2) is 0 Å². The van der Waals surface area contributed by atoms with Gasteiger partial charge in [0.05, 0.1) is 25.3 Å². The second-order valence-corrected chi connectivity index (χ2v) is 8.67. The largest absolute Gasteiger partial charge is 0.497 e. The number of oxime groups is 1. The average molecular weight is 442 g/mol. The Labute approximate surface area is 165 Å². The van der Waals surface area contributed by atoms with E-state index in [0.717, 1.165) is 30.1 Å². The molecule has 1 aromatic carbocycles. The molecule has 1 atom stereocenters. The van der Waals surface area contributed by atoms with E-state index in [4.69, 9.17) is 24.4 Å². The van der Waals surface area contributed by atoms with Crippen molar-refractivity contribution in [3.63, 3.8) is 0 Å². The van der Waals surface area contributed by atoms with E-state index >= 15 is 0 Å². The molecule has 1 unspecified atom stereocenters. The van der Waals surface area contributed by atoms with Crippen LogP contribution in [0.3, 0.4) is 0 Å². The fourth-order valence-electron chi connectivity index (χ4n) is 1.87. The normalized spacial score (nSPS) is 17.8. The van der Waals surface area contributed by atoms with E-state index in [1.165, 1.54) is 0 Å². The van der Waals surface area contributed by atoms with Crippen molar-refractivity contribution < 1.29 is 35.5 Å². The van der Waals surface area contributed by atoms with E-state index in [1.807, 2.05) is 24.3 Å². The molecule has 0 aromatic heterocycles. The van der Waals surface area contributed by atoms with Crippen molar-refractivity contribution in [1.82, 2.24) is 5.32 Å². The minimum Gasteiger partial charge on any atom is -0.497 e. The zero-order chi connectivity index (χ0) is 21.8. The predicted octanol–water partition coefficient (Wildman–Crippen LogP) is -0.246. The SMILES string of the molecule is COc1ccc(CO/N=C2\CNCC2CN)cc1.CS(=O)(=O)O.CS(=O)(=O)O. The highest BCUT2D eigenvalue weighted by molar-refractivity contribution is 7.85. The maximum Gasteiger partial charge on any atom is 0.261 e. The zero-order valence-electron chi connectivity index (χ0n) is 15.9. The fraction of sp³-hybridized carbons (Fsp3) is 0.533. The number of methoxy groups -OCH3 is 1. The molecule has 0 amide bonds. The Morgan fingerprint density at radius 3 is 2.07 bits per heavy atom. The van der Waals surface area contributed by atoms with Crippen LogP contribution < -0.4 is 15.8 Å². The van der Waals surface area contributed by atoms with E-state index in [2.05, 4.69) is 10.5 Å². The molecule has 0 spiro atoms. The number of benzene rings is 1. The lowest BCUT2D eigenvalue weighted by Crippen LogP contribution is -2.22. The highest BCUT2D eigenvalue weighted by Crippen LogP contribution is 2.12. The summed E-state index contributed by atoms with van der Waals surface area (Å²) in [6.45, 7) is 2.73. The smallest absolute Gasteiger partial charge is 0.261 e. The lowest BCUT2D eigenvalue weighted by atomic mass is 10.1. The third kappa shape index (κ3) is 16.4. The molecule has 1 aliphatic rings. The van der Waals surface area contributed by atoms with Gasteiger partial charge in [0.1, 0.15) is 12.4 Å². The Balaban J connectivity index is 0.000000607. The Kier molecular flexibility index (Phi) is 11.8. The molecule has 1 aromatic rings. The van der Waals surface area contributed by atoms with E-state index in [0.29, 0.717) is 31.6 Å². The molecule has 0 radical (unpaired) electrons. The molecule has 0 saturated carbocycles. The molecule has 11 nitrogen and oxygen atoms in total. The molecule has 28 heavy (non-hydrogen) atoms. The van der Waals surface area contributed by atoms with Crippen LogP contribution in [0.15, 0.2) is 29.4 Å². The van der Waals surface area contributed by atoms with Gasteiger partial charge in [-0.1, -0.05) is 17.3 Å². The molecule has 1 aliphatic heterocycles. The molecule has 0 bridgehead atoms. The van der Waals surface area contributed by atoms with Gasteiger partial charge in [-0.25, -0.2) is 0 Å². The third-order valence-electron chi connectivity index (χ3n) is 3.02. The van der Waals surface area contributed by atoms with E-state index < -0.39 is 20.2 Å². The summed E-state index contributed by atoms with van der Waals surface area (Å²) in [5, 5.41) is 7.39. The van der Waals surface area contributed by atoms with E-state index in [9.17, 15) is 16.8 Å². The van der Waals surface area contributed by atoms with Crippen molar-refractivity contribution in [3.05, 3.63) is 29.8 Å². The number of hydrogen-bond donors (Lipinski definition) is 4. The maximum atomic E-state index is 9.19. The third-order valence-corrected chi connectivity index (χ3v) is 3.02. The van der Waals surface area contributed by atoms with Crippen molar-refractivity contribution >= 4 is 25.9 Å². The zero-order valence-corrected chi connectivity index (χ0v) is 17.5. The number of nitrogens with two attached hydrogens (primary N) is 1. The van der Waals surface area contributed by atoms with Crippen LogP contribution in [0.25, 0.3) is 0 Å². The molecular formula is C15H27N3O8S2. The summed E-state index contributed by atoms with van der Waals surface area (Å²) in [7, 11) is -5.68. The molecule has 2 rings (SSSR count). The van der Waals surface area contributed by atoms with Crippen molar-refractivity contribution in [2.75, 3.05) is 39.3 Å². The van der Waals surface area contributed by atoms with Gasteiger partial charge in [-0.15, -0.1) is 0 Å². The Bertz CT molecular complexity index is 762. The number of nitrogens with zero attached hydrogens (tertiary/aromatic N) is 1. The molecule has 1 heterocycles.